The van der Waals surface area contributed by atoms with Crippen LogP contribution in [0, 0.1) is 0 Å². The zero-order valence-corrected chi connectivity index (χ0v) is 9.00. The molecule has 0 spiro atoms. The van der Waals surface area contributed by atoms with E-state index < -0.39 is 0 Å². The van der Waals surface area contributed by atoms with Crippen molar-refractivity contribution in [2.24, 2.45) is 0 Å². The first-order chi connectivity index (χ1) is 7.33. The molecule has 1 aromatic carbocycles. The van der Waals surface area contributed by atoms with Gasteiger partial charge in [0.25, 0.3) is 0 Å². The third-order valence-corrected chi connectivity index (χ3v) is 3.21. The van der Waals surface area contributed by atoms with Gasteiger partial charge in [-0.25, -0.2) is 0 Å². The van der Waals surface area contributed by atoms with E-state index in [1.807, 2.05) is 6.07 Å². The summed E-state index contributed by atoms with van der Waals surface area (Å²) in [5.41, 5.74) is 3.81. The highest BCUT2D eigenvalue weighted by molar-refractivity contribution is 5.45. The van der Waals surface area contributed by atoms with E-state index in [2.05, 4.69) is 0 Å². The van der Waals surface area contributed by atoms with Gasteiger partial charge in [-0.2, -0.15) is 0 Å². The average molecular weight is 206 g/mol. The Balaban J connectivity index is 2.32. The van der Waals surface area contributed by atoms with E-state index >= 15 is 0 Å². The zero-order chi connectivity index (χ0) is 10.7. The SMILES string of the molecule is OCCCc1c(O)ccc2c1CCCC2. The van der Waals surface area contributed by atoms with Gasteiger partial charge in [0.15, 0.2) is 0 Å². The lowest BCUT2D eigenvalue weighted by molar-refractivity contribution is 0.287. The number of hydrogen-bond acceptors (Lipinski definition) is 2. The van der Waals surface area contributed by atoms with Gasteiger partial charge in [-0.1, -0.05) is 6.07 Å². The minimum absolute atomic E-state index is 0.198. The quantitative estimate of drug-likeness (QED) is 0.796. The Kier molecular flexibility index (Phi) is 3.27. The molecule has 0 radical (unpaired) electrons. The lowest BCUT2D eigenvalue weighted by Gasteiger charge is -2.20. The molecular weight excluding hydrogens is 188 g/mol. The number of phenols is 1. The summed E-state index contributed by atoms with van der Waals surface area (Å²) >= 11 is 0. The molecule has 0 atom stereocenters. The standard InChI is InChI=1S/C13H18O2/c14-9-3-6-12-11-5-2-1-4-10(11)7-8-13(12)15/h7-8,14-15H,1-6,9H2. The van der Waals surface area contributed by atoms with Gasteiger partial charge in [-0.05, 0) is 61.3 Å². The molecule has 0 amide bonds. The van der Waals surface area contributed by atoms with E-state index in [-0.39, 0.29) is 6.61 Å². The number of benzene rings is 1. The van der Waals surface area contributed by atoms with Crippen molar-refractivity contribution in [1.29, 1.82) is 0 Å². The molecule has 0 fully saturated rings. The molecule has 0 aliphatic heterocycles. The Morgan fingerprint density at radius 1 is 1.13 bits per heavy atom. The van der Waals surface area contributed by atoms with E-state index in [1.54, 1.807) is 6.07 Å². The molecule has 2 rings (SSSR count). The van der Waals surface area contributed by atoms with Crippen molar-refractivity contribution in [2.45, 2.75) is 38.5 Å². The molecular formula is C13H18O2. The summed E-state index contributed by atoms with van der Waals surface area (Å²) in [5.74, 6) is 0.407. The van der Waals surface area contributed by atoms with E-state index in [4.69, 9.17) is 5.11 Å². The molecule has 0 heterocycles. The second kappa shape index (κ2) is 4.67. The Morgan fingerprint density at radius 3 is 2.73 bits per heavy atom. The summed E-state index contributed by atoms with van der Waals surface area (Å²) < 4.78 is 0. The van der Waals surface area contributed by atoms with Crippen molar-refractivity contribution in [2.75, 3.05) is 6.61 Å². The maximum atomic E-state index is 9.81. The second-order valence-electron chi connectivity index (χ2n) is 4.24. The monoisotopic (exact) mass is 206 g/mol. The Hall–Kier alpha value is -1.02. The molecule has 1 aliphatic rings. The summed E-state index contributed by atoms with van der Waals surface area (Å²) in [5, 5.41) is 18.7. The summed E-state index contributed by atoms with van der Waals surface area (Å²) in [4.78, 5) is 0. The Bertz CT molecular complexity index is 345. The van der Waals surface area contributed by atoms with Crippen LogP contribution in [0.5, 0.6) is 5.75 Å². The molecule has 82 valence electrons. The third kappa shape index (κ3) is 2.15. The van der Waals surface area contributed by atoms with Gasteiger partial charge in [0.1, 0.15) is 5.75 Å². The van der Waals surface area contributed by atoms with Gasteiger partial charge >= 0.3 is 0 Å². The fraction of sp³-hybridized carbons (Fsp3) is 0.538. The minimum atomic E-state index is 0.198. The second-order valence-corrected chi connectivity index (χ2v) is 4.24. The van der Waals surface area contributed by atoms with Crippen LogP contribution in [0.3, 0.4) is 0 Å². The van der Waals surface area contributed by atoms with Crippen LogP contribution in [-0.2, 0) is 19.3 Å². The fourth-order valence-corrected chi connectivity index (χ4v) is 2.43. The van der Waals surface area contributed by atoms with Crippen LogP contribution in [0.15, 0.2) is 12.1 Å². The predicted octanol–water partition coefficient (Wildman–Crippen LogP) is 2.20. The lowest BCUT2D eigenvalue weighted by Crippen LogP contribution is -2.07. The highest BCUT2D eigenvalue weighted by atomic mass is 16.3. The van der Waals surface area contributed by atoms with Crippen LogP contribution < -0.4 is 0 Å². The summed E-state index contributed by atoms with van der Waals surface area (Å²) in [6.45, 7) is 0.198. The molecule has 2 heteroatoms. The number of aromatic hydroxyl groups is 1. The maximum Gasteiger partial charge on any atom is 0.119 e. The zero-order valence-electron chi connectivity index (χ0n) is 9.00. The van der Waals surface area contributed by atoms with Crippen molar-refractivity contribution < 1.29 is 10.2 Å². The molecule has 0 saturated carbocycles. The summed E-state index contributed by atoms with van der Waals surface area (Å²) in [6.07, 6.45) is 6.25. The van der Waals surface area contributed by atoms with Crippen LogP contribution in [-0.4, -0.2) is 16.8 Å². The van der Waals surface area contributed by atoms with Crippen molar-refractivity contribution in [3.05, 3.63) is 28.8 Å². The molecule has 0 saturated heterocycles. The number of aliphatic hydroxyl groups excluding tert-OH is 1. The fourth-order valence-electron chi connectivity index (χ4n) is 2.43. The van der Waals surface area contributed by atoms with Crippen molar-refractivity contribution in [3.8, 4) is 5.75 Å². The molecule has 0 unspecified atom stereocenters. The lowest BCUT2D eigenvalue weighted by atomic mass is 9.86. The van der Waals surface area contributed by atoms with Crippen molar-refractivity contribution >= 4 is 0 Å². The first-order valence-corrected chi connectivity index (χ1v) is 5.76. The number of fused-ring (bicyclic) bond motifs is 1. The molecule has 2 N–H and O–H groups in total. The van der Waals surface area contributed by atoms with Gasteiger partial charge in [0, 0.05) is 6.61 Å². The molecule has 1 aliphatic carbocycles. The highest BCUT2D eigenvalue weighted by Crippen LogP contribution is 2.31. The van der Waals surface area contributed by atoms with Crippen LogP contribution in [0.1, 0.15) is 36.0 Å². The van der Waals surface area contributed by atoms with Gasteiger partial charge < -0.3 is 10.2 Å². The largest absolute Gasteiger partial charge is 0.508 e. The summed E-state index contributed by atoms with van der Waals surface area (Å²) in [6, 6.07) is 3.85. The number of hydrogen-bond donors (Lipinski definition) is 2. The van der Waals surface area contributed by atoms with Crippen LogP contribution in [0.25, 0.3) is 0 Å². The van der Waals surface area contributed by atoms with Crippen LogP contribution >= 0.6 is 0 Å². The highest BCUT2D eigenvalue weighted by Gasteiger charge is 2.15. The molecule has 0 aromatic heterocycles. The average Bonchev–Trinajstić information content (AvgIpc) is 2.28. The van der Waals surface area contributed by atoms with E-state index in [9.17, 15) is 5.11 Å². The summed E-state index contributed by atoms with van der Waals surface area (Å²) in [7, 11) is 0. The van der Waals surface area contributed by atoms with Gasteiger partial charge in [-0.3, -0.25) is 0 Å². The Morgan fingerprint density at radius 2 is 1.93 bits per heavy atom. The first kappa shape index (κ1) is 10.5. The van der Waals surface area contributed by atoms with E-state index in [0.717, 1.165) is 31.2 Å². The van der Waals surface area contributed by atoms with Crippen LogP contribution in [0.2, 0.25) is 0 Å². The smallest absolute Gasteiger partial charge is 0.119 e. The molecule has 15 heavy (non-hydrogen) atoms. The number of rotatable bonds is 3. The normalized spacial score (nSPS) is 15.0. The maximum absolute atomic E-state index is 9.81. The van der Waals surface area contributed by atoms with Crippen LogP contribution in [0.4, 0.5) is 0 Å². The van der Waals surface area contributed by atoms with E-state index in [0.29, 0.717) is 5.75 Å². The Labute approximate surface area is 90.6 Å². The van der Waals surface area contributed by atoms with Crippen molar-refractivity contribution in [1.82, 2.24) is 0 Å². The van der Waals surface area contributed by atoms with Gasteiger partial charge in [0.05, 0.1) is 0 Å². The number of aliphatic hydroxyl groups is 1. The predicted molar refractivity (Wildman–Crippen MR) is 60.2 cm³/mol. The number of phenolic OH excluding ortho intramolecular Hbond substituents is 1. The van der Waals surface area contributed by atoms with Crippen molar-refractivity contribution in [3.63, 3.8) is 0 Å². The molecule has 1 aromatic rings. The molecule has 0 bridgehead atoms. The topological polar surface area (TPSA) is 40.5 Å². The van der Waals surface area contributed by atoms with Gasteiger partial charge in [-0.15, -0.1) is 0 Å². The van der Waals surface area contributed by atoms with E-state index in [1.165, 1.54) is 24.0 Å². The number of aryl methyl sites for hydroxylation is 1. The molecule has 2 nitrogen and oxygen atoms in total. The third-order valence-electron chi connectivity index (χ3n) is 3.21. The first-order valence-electron chi connectivity index (χ1n) is 5.76. The van der Waals surface area contributed by atoms with Gasteiger partial charge in [0.2, 0.25) is 0 Å². The minimum Gasteiger partial charge on any atom is -0.508 e.